The Morgan fingerprint density at radius 1 is 1.37 bits per heavy atom. The molecule has 2 heterocycles. The van der Waals surface area contributed by atoms with Crippen molar-refractivity contribution in [2.75, 3.05) is 26.0 Å². The quantitative estimate of drug-likeness (QED) is 0.577. The van der Waals surface area contributed by atoms with E-state index in [0.717, 1.165) is 24.3 Å². The summed E-state index contributed by atoms with van der Waals surface area (Å²) in [5, 5.41) is 0.471. The summed E-state index contributed by atoms with van der Waals surface area (Å²) in [7, 11) is 1.73. The number of para-hydroxylation sites is 2. The van der Waals surface area contributed by atoms with Crippen molar-refractivity contribution in [3.05, 3.63) is 46.4 Å². The molecule has 1 aromatic heterocycles. The summed E-state index contributed by atoms with van der Waals surface area (Å²) in [6.45, 7) is 2.85. The van der Waals surface area contributed by atoms with Gasteiger partial charge in [-0.1, -0.05) is 37.2 Å². The van der Waals surface area contributed by atoms with Crippen LogP contribution >= 0.6 is 11.8 Å². The Balaban J connectivity index is 1.52. The van der Waals surface area contributed by atoms with Crippen molar-refractivity contribution in [1.82, 2.24) is 14.9 Å². The molecule has 1 unspecified atom stereocenters. The number of carbonyl (C=O) groups is 1. The largest absolute Gasteiger partial charge is 0.486 e. The number of rotatable bonds is 7. The average molecular weight is 389 g/mol. The van der Waals surface area contributed by atoms with Gasteiger partial charge in [0.2, 0.25) is 5.91 Å². The fraction of sp³-hybridized carbons (Fsp3) is 0.421. The standard InChI is InChI=1S/C19H23N3O4S/c1-3-6-13-9-17(23)21-19(20-13)27-12-18(24)22(2)10-14-11-25-15-7-4-5-8-16(15)26-14/h4-5,7-9,14H,3,6,10-12H2,1-2H3,(H,20,21,23). The molecule has 0 spiro atoms. The average Bonchev–Trinajstić information content (AvgIpc) is 2.66. The van der Waals surface area contributed by atoms with Gasteiger partial charge < -0.3 is 19.4 Å². The molecule has 144 valence electrons. The molecule has 7 nitrogen and oxygen atoms in total. The number of carbonyl (C=O) groups excluding carboxylic acids is 1. The first-order valence-corrected chi connectivity index (χ1v) is 9.89. The molecule has 0 radical (unpaired) electrons. The van der Waals surface area contributed by atoms with Gasteiger partial charge >= 0.3 is 0 Å². The van der Waals surface area contributed by atoms with Crippen LogP contribution in [0, 0.1) is 0 Å². The van der Waals surface area contributed by atoms with Crippen LogP contribution in [0.3, 0.4) is 0 Å². The van der Waals surface area contributed by atoms with Crippen molar-refractivity contribution < 1.29 is 14.3 Å². The molecule has 0 saturated heterocycles. The Morgan fingerprint density at radius 2 is 2.15 bits per heavy atom. The molecule has 2 aromatic rings. The molecule has 1 amide bonds. The van der Waals surface area contributed by atoms with Crippen LogP contribution in [0.5, 0.6) is 11.5 Å². The number of hydrogen-bond donors (Lipinski definition) is 1. The number of likely N-dealkylation sites (N-methyl/N-ethyl adjacent to an activating group) is 1. The number of amides is 1. The molecule has 3 rings (SSSR count). The maximum absolute atomic E-state index is 12.4. The Hall–Kier alpha value is -2.48. The van der Waals surface area contributed by atoms with Gasteiger partial charge in [0.05, 0.1) is 12.3 Å². The van der Waals surface area contributed by atoms with E-state index in [9.17, 15) is 9.59 Å². The summed E-state index contributed by atoms with van der Waals surface area (Å²) in [4.78, 5) is 32.8. The number of aryl methyl sites for hydroxylation is 1. The van der Waals surface area contributed by atoms with E-state index < -0.39 is 0 Å². The molecule has 0 fully saturated rings. The van der Waals surface area contributed by atoms with Crippen molar-refractivity contribution in [2.24, 2.45) is 0 Å². The third-order valence-electron chi connectivity index (χ3n) is 4.08. The van der Waals surface area contributed by atoms with Gasteiger partial charge in [0.25, 0.3) is 5.56 Å². The number of aromatic amines is 1. The maximum Gasteiger partial charge on any atom is 0.251 e. The van der Waals surface area contributed by atoms with Crippen LogP contribution in [0.2, 0.25) is 0 Å². The molecule has 0 bridgehead atoms. The lowest BCUT2D eigenvalue weighted by atomic mass is 10.2. The second-order valence-electron chi connectivity index (χ2n) is 6.35. The van der Waals surface area contributed by atoms with E-state index in [-0.39, 0.29) is 23.3 Å². The van der Waals surface area contributed by atoms with Crippen molar-refractivity contribution >= 4 is 17.7 Å². The van der Waals surface area contributed by atoms with Gasteiger partial charge in [-0.05, 0) is 18.6 Å². The van der Waals surface area contributed by atoms with Crippen LogP contribution in [0.4, 0.5) is 0 Å². The molecule has 27 heavy (non-hydrogen) atoms. The van der Waals surface area contributed by atoms with E-state index in [1.54, 1.807) is 11.9 Å². The summed E-state index contributed by atoms with van der Waals surface area (Å²) in [5.41, 5.74) is 0.555. The molecular formula is C19H23N3O4S. The van der Waals surface area contributed by atoms with Crippen molar-refractivity contribution in [3.8, 4) is 11.5 Å². The molecule has 1 aliphatic rings. The highest BCUT2D eigenvalue weighted by Crippen LogP contribution is 2.31. The number of aromatic nitrogens is 2. The summed E-state index contributed by atoms with van der Waals surface area (Å²) < 4.78 is 11.6. The molecular weight excluding hydrogens is 366 g/mol. The minimum Gasteiger partial charge on any atom is -0.486 e. The topological polar surface area (TPSA) is 84.5 Å². The van der Waals surface area contributed by atoms with E-state index in [1.807, 2.05) is 31.2 Å². The fourth-order valence-corrected chi connectivity index (χ4v) is 3.57. The summed E-state index contributed by atoms with van der Waals surface area (Å²) in [6, 6.07) is 8.99. The first-order valence-electron chi connectivity index (χ1n) is 8.90. The van der Waals surface area contributed by atoms with E-state index in [0.29, 0.717) is 24.1 Å². The van der Waals surface area contributed by atoms with Crippen molar-refractivity contribution in [1.29, 1.82) is 0 Å². The number of hydrogen-bond acceptors (Lipinski definition) is 6. The number of benzene rings is 1. The van der Waals surface area contributed by atoms with E-state index >= 15 is 0 Å². The Kier molecular flexibility index (Phi) is 6.39. The van der Waals surface area contributed by atoms with Gasteiger partial charge in [0, 0.05) is 18.8 Å². The van der Waals surface area contributed by atoms with Gasteiger partial charge in [-0.25, -0.2) is 4.98 Å². The van der Waals surface area contributed by atoms with E-state index in [1.165, 1.54) is 17.8 Å². The molecule has 0 aliphatic carbocycles. The van der Waals surface area contributed by atoms with Gasteiger partial charge in [-0.15, -0.1) is 0 Å². The van der Waals surface area contributed by atoms with Crippen LogP contribution in [0.25, 0.3) is 0 Å². The number of nitrogens with zero attached hydrogens (tertiary/aromatic N) is 2. The van der Waals surface area contributed by atoms with Crippen LogP contribution in [-0.4, -0.2) is 52.8 Å². The van der Waals surface area contributed by atoms with Crippen molar-refractivity contribution in [3.63, 3.8) is 0 Å². The zero-order valence-corrected chi connectivity index (χ0v) is 16.3. The zero-order chi connectivity index (χ0) is 19.2. The maximum atomic E-state index is 12.4. The van der Waals surface area contributed by atoms with E-state index in [4.69, 9.17) is 9.47 Å². The predicted octanol–water partition coefficient (Wildman–Crippen LogP) is 2.11. The second kappa shape index (κ2) is 8.94. The highest BCUT2D eigenvalue weighted by Gasteiger charge is 2.23. The minimum atomic E-state index is -0.218. The molecule has 1 atom stereocenters. The first kappa shape index (κ1) is 19.3. The van der Waals surface area contributed by atoms with Gasteiger partial charge in [0.1, 0.15) is 6.61 Å². The Labute approximate surface area is 162 Å². The lowest BCUT2D eigenvalue weighted by molar-refractivity contribution is -0.128. The zero-order valence-electron chi connectivity index (χ0n) is 15.4. The Bertz CT molecular complexity index is 855. The monoisotopic (exact) mass is 389 g/mol. The molecule has 0 saturated carbocycles. The minimum absolute atomic E-state index is 0.0639. The smallest absolute Gasteiger partial charge is 0.251 e. The van der Waals surface area contributed by atoms with Crippen LogP contribution in [0.1, 0.15) is 19.0 Å². The number of nitrogens with one attached hydrogen (secondary N) is 1. The van der Waals surface area contributed by atoms with Crippen molar-refractivity contribution in [2.45, 2.75) is 31.0 Å². The normalized spacial score (nSPS) is 15.4. The summed E-state index contributed by atoms with van der Waals surface area (Å²) in [5.74, 6) is 1.55. The number of thioether (sulfide) groups is 1. The van der Waals surface area contributed by atoms with Gasteiger partial charge in [-0.3, -0.25) is 9.59 Å². The van der Waals surface area contributed by atoms with Crippen LogP contribution < -0.4 is 15.0 Å². The van der Waals surface area contributed by atoms with Crippen LogP contribution in [-0.2, 0) is 11.2 Å². The fourth-order valence-electron chi connectivity index (χ4n) is 2.74. The van der Waals surface area contributed by atoms with E-state index in [2.05, 4.69) is 9.97 Å². The first-order chi connectivity index (χ1) is 13.0. The highest BCUT2D eigenvalue weighted by atomic mass is 32.2. The lowest BCUT2D eigenvalue weighted by Gasteiger charge is -2.29. The Morgan fingerprint density at radius 3 is 2.93 bits per heavy atom. The van der Waals surface area contributed by atoms with Crippen LogP contribution in [0.15, 0.2) is 40.3 Å². The predicted molar refractivity (Wildman–Crippen MR) is 104 cm³/mol. The van der Waals surface area contributed by atoms with Gasteiger partial charge in [0.15, 0.2) is 22.8 Å². The third-order valence-corrected chi connectivity index (χ3v) is 4.94. The number of H-pyrrole nitrogens is 1. The lowest BCUT2D eigenvalue weighted by Crippen LogP contribution is -2.42. The SMILES string of the molecule is CCCc1cc(=O)[nH]c(SCC(=O)N(C)CC2COc3ccccc3O2)n1. The molecule has 1 aromatic carbocycles. The number of fused-ring (bicyclic) bond motifs is 1. The molecule has 1 N–H and O–H groups in total. The van der Waals surface area contributed by atoms with Gasteiger partial charge in [-0.2, -0.15) is 0 Å². The summed E-state index contributed by atoms with van der Waals surface area (Å²) in [6.07, 6.45) is 1.44. The number of ether oxygens (including phenoxy) is 2. The summed E-state index contributed by atoms with van der Waals surface area (Å²) >= 11 is 1.23. The second-order valence-corrected chi connectivity index (χ2v) is 7.32. The highest BCUT2D eigenvalue weighted by molar-refractivity contribution is 7.99. The molecule has 8 heteroatoms. The molecule has 1 aliphatic heterocycles. The third kappa shape index (κ3) is 5.26.